The van der Waals surface area contributed by atoms with Crippen LogP contribution in [0.2, 0.25) is 0 Å². The van der Waals surface area contributed by atoms with Crippen molar-refractivity contribution in [1.82, 2.24) is 0 Å². The second-order valence-corrected chi connectivity index (χ2v) is 14.4. The normalized spacial score (nSPS) is 25.3. The van der Waals surface area contributed by atoms with E-state index in [0.717, 1.165) is 5.69 Å². The lowest BCUT2D eigenvalue weighted by molar-refractivity contribution is -0.179. The number of nitrogens with zero attached hydrogens (tertiary/aromatic N) is 1. The summed E-state index contributed by atoms with van der Waals surface area (Å²) in [4.78, 5) is 26.9. The molecule has 0 saturated carbocycles. The monoisotopic (exact) mass is 698 g/mol. The summed E-state index contributed by atoms with van der Waals surface area (Å²) in [7, 11) is 3.88. The van der Waals surface area contributed by atoms with Crippen LogP contribution in [0.4, 0.5) is 16.2 Å². The molecule has 1 aliphatic rings. The minimum atomic E-state index is -0.899. The van der Waals surface area contributed by atoms with E-state index in [1.54, 1.807) is 38.2 Å². The zero-order chi connectivity index (χ0) is 37.7. The maximum Gasteiger partial charge on any atom is 0.411 e. The van der Waals surface area contributed by atoms with Gasteiger partial charge in [-0.05, 0) is 43.5 Å². The molecule has 0 aromatic heterocycles. The van der Waals surface area contributed by atoms with Gasteiger partial charge in [-0.2, -0.15) is 0 Å². The third kappa shape index (κ3) is 12.7. The maximum absolute atomic E-state index is 13.0. The summed E-state index contributed by atoms with van der Waals surface area (Å²) in [5.41, 5.74) is 1.61. The quantitative estimate of drug-likeness (QED) is 0.0694. The van der Waals surface area contributed by atoms with Crippen molar-refractivity contribution in [2.24, 2.45) is 41.4 Å². The van der Waals surface area contributed by atoms with E-state index in [1.165, 1.54) is 0 Å². The van der Waals surface area contributed by atoms with E-state index in [1.807, 2.05) is 96.1 Å². The molecule has 5 N–H and O–H groups in total. The lowest BCUT2D eigenvalue weighted by atomic mass is 9.82. The van der Waals surface area contributed by atoms with Crippen LogP contribution in [-0.4, -0.2) is 83.2 Å². The Bertz CT molecular complexity index is 1290. The number of nitrogens with one attached hydrogen (secondary N) is 1. The maximum atomic E-state index is 13.0. The molecule has 1 aliphatic heterocycles. The number of carbonyl (C=O) groups is 2. The van der Waals surface area contributed by atoms with Gasteiger partial charge < -0.3 is 34.8 Å². The topological polar surface area (TPSA) is 149 Å². The van der Waals surface area contributed by atoms with Crippen molar-refractivity contribution in [2.75, 3.05) is 24.3 Å². The van der Waals surface area contributed by atoms with Gasteiger partial charge in [-0.15, -0.1) is 0 Å². The predicted molar refractivity (Wildman–Crippen MR) is 200 cm³/mol. The fourth-order valence-corrected chi connectivity index (χ4v) is 6.30. The number of allylic oxidation sites excluding steroid dienone is 3. The summed E-state index contributed by atoms with van der Waals surface area (Å²) in [5, 5.41) is 46.0. The standard InChI is InChI=1S/C40H62N2O8/c1-11-12-14-27(5)38(50-40(48)41-31-18-20-32(21-19-31)42(9)10)29(7)36(45)25(3)16-13-15-24(2)35(44)26(4)17-22-33(43)23-34-28(6)37(46)30(8)39(47)49-34/h11-15,17-22,24-30,33-38,43-46H,1,16,23H2,2-10H3,(H,41,48)/b14-12-,15-13-,22-17-/t24-,25-,26-,27-,28-,29-,30+,33+,34-,35+,36+,37-,38-/m0/s1. The SMILES string of the molecule is C=C/C=C\[C@H](C)[C@H](OC(=O)Nc1ccc(N(C)C)cc1)[C@@H](C)[C@H](O)[C@@H](C)C/C=C\[C@H](C)[C@@H](O)[C@@H](C)/C=C\[C@@H](O)C[C@@H]1OC(=O)[C@H](C)[C@@H](O)[C@H]1C. The molecular formula is C40H62N2O8. The number of aliphatic hydroxyl groups excluding tert-OH is 4. The molecular weight excluding hydrogens is 636 g/mol. The van der Waals surface area contributed by atoms with Crippen LogP contribution in [0, 0.1) is 41.4 Å². The van der Waals surface area contributed by atoms with Crippen molar-refractivity contribution in [3.63, 3.8) is 0 Å². The number of cyclic esters (lactones) is 1. The van der Waals surface area contributed by atoms with E-state index in [9.17, 15) is 30.0 Å². The lowest BCUT2D eigenvalue weighted by Gasteiger charge is -2.36. The van der Waals surface area contributed by atoms with Gasteiger partial charge in [0.1, 0.15) is 12.2 Å². The molecule has 2 rings (SSSR count). The van der Waals surface area contributed by atoms with Gasteiger partial charge in [-0.25, -0.2) is 4.79 Å². The molecule has 10 heteroatoms. The van der Waals surface area contributed by atoms with Crippen molar-refractivity contribution in [3.05, 3.63) is 73.4 Å². The van der Waals surface area contributed by atoms with E-state index in [-0.39, 0.29) is 36.0 Å². The minimum Gasteiger partial charge on any atom is -0.462 e. The van der Waals surface area contributed by atoms with E-state index in [2.05, 4.69) is 11.9 Å². The zero-order valence-corrected chi connectivity index (χ0v) is 31.3. The third-order valence-electron chi connectivity index (χ3n) is 9.99. The van der Waals surface area contributed by atoms with Crippen LogP contribution in [0.1, 0.15) is 61.3 Å². The first-order chi connectivity index (χ1) is 23.5. The van der Waals surface area contributed by atoms with Crippen LogP contribution < -0.4 is 10.2 Å². The summed E-state index contributed by atoms with van der Waals surface area (Å²) >= 11 is 0. The molecule has 1 saturated heterocycles. The van der Waals surface area contributed by atoms with Gasteiger partial charge in [0.15, 0.2) is 0 Å². The van der Waals surface area contributed by atoms with Gasteiger partial charge in [-0.3, -0.25) is 10.1 Å². The lowest BCUT2D eigenvalue weighted by Crippen LogP contribution is -2.47. The van der Waals surface area contributed by atoms with Crippen molar-refractivity contribution < 1.29 is 39.5 Å². The van der Waals surface area contributed by atoms with Gasteiger partial charge in [0, 0.05) is 61.5 Å². The Morgan fingerprint density at radius 1 is 0.960 bits per heavy atom. The van der Waals surface area contributed by atoms with Crippen LogP contribution in [0.25, 0.3) is 0 Å². The molecule has 0 bridgehead atoms. The minimum absolute atomic E-state index is 0.162. The van der Waals surface area contributed by atoms with E-state index in [4.69, 9.17) is 9.47 Å². The molecule has 13 atom stereocenters. The Kier molecular flexibility index (Phi) is 17.4. The van der Waals surface area contributed by atoms with Crippen LogP contribution >= 0.6 is 0 Å². The van der Waals surface area contributed by atoms with Crippen molar-refractivity contribution in [2.45, 2.75) is 97.9 Å². The van der Waals surface area contributed by atoms with Crippen molar-refractivity contribution in [3.8, 4) is 0 Å². The molecule has 50 heavy (non-hydrogen) atoms. The molecule has 10 nitrogen and oxygen atoms in total. The van der Waals surface area contributed by atoms with Gasteiger partial charge in [0.25, 0.3) is 0 Å². The second kappa shape index (κ2) is 20.4. The summed E-state index contributed by atoms with van der Waals surface area (Å²) in [6.45, 7) is 16.7. The molecule has 0 unspecified atom stereocenters. The highest BCUT2D eigenvalue weighted by Gasteiger charge is 2.41. The number of hydrogen-bond acceptors (Lipinski definition) is 9. The van der Waals surface area contributed by atoms with Crippen LogP contribution in [0.5, 0.6) is 0 Å². The highest BCUT2D eigenvalue weighted by atomic mass is 16.6. The number of anilines is 2. The highest BCUT2D eigenvalue weighted by molar-refractivity contribution is 5.85. The molecule has 1 aromatic carbocycles. The average Bonchev–Trinajstić information content (AvgIpc) is 3.08. The molecule has 1 aromatic rings. The molecule has 0 radical (unpaired) electrons. The summed E-state index contributed by atoms with van der Waals surface area (Å²) in [6, 6.07) is 7.42. The number of hydrogen-bond donors (Lipinski definition) is 5. The number of rotatable bonds is 18. The number of benzene rings is 1. The van der Waals surface area contributed by atoms with Crippen LogP contribution in [-0.2, 0) is 14.3 Å². The number of carbonyl (C=O) groups excluding carboxylic acids is 2. The predicted octanol–water partition coefficient (Wildman–Crippen LogP) is 6.13. The van der Waals surface area contributed by atoms with Crippen LogP contribution in [0.15, 0.2) is 73.4 Å². The first-order valence-corrected chi connectivity index (χ1v) is 17.8. The van der Waals surface area contributed by atoms with Crippen LogP contribution in [0.3, 0.4) is 0 Å². The first-order valence-electron chi connectivity index (χ1n) is 17.8. The summed E-state index contributed by atoms with van der Waals surface area (Å²) in [6.07, 6.45) is 8.25. The number of ether oxygens (including phenoxy) is 2. The zero-order valence-electron chi connectivity index (χ0n) is 31.3. The molecule has 0 aliphatic carbocycles. The molecule has 280 valence electrons. The first kappa shape index (κ1) is 42.7. The summed E-state index contributed by atoms with van der Waals surface area (Å²) < 4.78 is 11.3. The van der Waals surface area contributed by atoms with Gasteiger partial charge >= 0.3 is 12.1 Å². The summed E-state index contributed by atoms with van der Waals surface area (Å²) in [5.74, 6) is -2.59. The fraction of sp³-hybridized carbons (Fsp3) is 0.600. The third-order valence-corrected chi connectivity index (χ3v) is 9.99. The van der Waals surface area contributed by atoms with Gasteiger partial charge in [-0.1, -0.05) is 90.7 Å². The Balaban J connectivity index is 1.96. The average molecular weight is 699 g/mol. The Hall–Kier alpha value is -3.44. The van der Waals surface area contributed by atoms with Crippen molar-refractivity contribution >= 4 is 23.4 Å². The van der Waals surface area contributed by atoms with Gasteiger partial charge in [0.2, 0.25) is 0 Å². The molecule has 0 spiro atoms. The van der Waals surface area contributed by atoms with Gasteiger partial charge in [0.05, 0.1) is 30.3 Å². The number of esters is 1. The largest absolute Gasteiger partial charge is 0.462 e. The molecule has 1 amide bonds. The molecule has 1 fully saturated rings. The smallest absolute Gasteiger partial charge is 0.411 e. The van der Waals surface area contributed by atoms with E-state index in [0.29, 0.717) is 12.1 Å². The number of amides is 1. The molecule has 1 heterocycles. The second-order valence-electron chi connectivity index (χ2n) is 14.4. The Labute approximate surface area is 299 Å². The Morgan fingerprint density at radius 3 is 2.18 bits per heavy atom. The van der Waals surface area contributed by atoms with Crippen molar-refractivity contribution in [1.29, 1.82) is 0 Å². The van der Waals surface area contributed by atoms with E-state index < -0.39 is 60.5 Å². The van der Waals surface area contributed by atoms with E-state index >= 15 is 0 Å². The number of aliphatic hydroxyl groups is 4. The Morgan fingerprint density at radius 2 is 1.58 bits per heavy atom. The highest BCUT2D eigenvalue weighted by Crippen LogP contribution is 2.30. The fourth-order valence-electron chi connectivity index (χ4n) is 6.30.